The summed E-state index contributed by atoms with van der Waals surface area (Å²) in [5.41, 5.74) is 0. The largest absolute Gasteiger partial charge is 0.333 e. The van der Waals surface area contributed by atoms with E-state index in [1.54, 1.807) is 0 Å². The maximum absolute atomic E-state index is 11.6. The van der Waals surface area contributed by atoms with Gasteiger partial charge < -0.3 is 4.84 Å². The Morgan fingerprint density at radius 3 is 1.52 bits per heavy atom. The molecule has 1 saturated heterocycles. The smallest absolute Gasteiger partial charge is 0.330 e. The number of imide groups is 1. The zero-order valence-electron chi connectivity index (χ0n) is 18.6. The van der Waals surface area contributed by atoms with Gasteiger partial charge in [0.1, 0.15) is 0 Å². The molecule has 5 heteroatoms. The first-order chi connectivity index (χ1) is 15.1. The molecule has 0 spiro atoms. The molecule has 1 fully saturated rings. The highest BCUT2D eigenvalue weighted by atomic mass is 16.7. The minimum absolute atomic E-state index is 0.110. The third-order valence-electron chi connectivity index (χ3n) is 4.31. The zero-order valence-corrected chi connectivity index (χ0v) is 18.6. The number of hydrogen-bond donors (Lipinski definition) is 0. The Morgan fingerprint density at radius 1 is 0.710 bits per heavy atom. The van der Waals surface area contributed by atoms with E-state index >= 15 is 0 Å². The average Bonchev–Trinajstić information content (AvgIpc) is 3.07. The number of rotatable bonds is 15. The van der Waals surface area contributed by atoms with Crippen molar-refractivity contribution in [3.8, 4) is 0 Å². The quantitative estimate of drug-likeness (QED) is 0.236. The molecule has 0 radical (unpaired) electrons. The van der Waals surface area contributed by atoms with Crippen molar-refractivity contribution in [2.24, 2.45) is 0 Å². The second-order valence-corrected chi connectivity index (χ2v) is 7.00. The second kappa shape index (κ2) is 17.9. The summed E-state index contributed by atoms with van der Waals surface area (Å²) in [6.07, 6.45) is 32.1. The van der Waals surface area contributed by atoms with Gasteiger partial charge >= 0.3 is 5.97 Å². The van der Waals surface area contributed by atoms with Crippen LogP contribution in [0.4, 0.5) is 0 Å². The topological polar surface area (TPSA) is 63.7 Å². The lowest BCUT2D eigenvalue weighted by Crippen LogP contribution is -2.31. The third kappa shape index (κ3) is 13.8. The first-order valence-corrected chi connectivity index (χ1v) is 11.1. The van der Waals surface area contributed by atoms with Gasteiger partial charge in [0.2, 0.25) is 0 Å². The van der Waals surface area contributed by atoms with Gasteiger partial charge in [-0.1, -0.05) is 79.8 Å². The maximum atomic E-state index is 11.6. The van der Waals surface area contributed by atoms with Gasteiger partial charge in [-0.25, -0.2) is 4.79 Å². The molecule has 0 aromatic heterocycles. The molecular weight excluding hydrogens is 390 g/mol. The van der Waals surface area contributed by atoms with E-state index in [1.807, 2.05) is 12.2 Å². The molecule has 0 aliphatic carbocycles. The van der Waals surface area contributed by atoms with Crippen LogP contribution in [0.25, 0.3) is 0 Å². The number of hydroxylamine groups is 2. The molecule has 0 bridgehead atoms. The molecule has 0 aromatic carbocycles. The molecule has 0 atom stereocenters. The minimum atomic E-state index is -0.567. The fourth-order valence-electron chi connectivity index (χ4n) is 2.65. The molecule has 0 aromatic rings. The van der Waals surface area contributed by atoms with Gasteiger partial charge in [-0.3, -0.25) is 9.59 Å². The van der Waals surface area contributed by atoms with Crippen LogP contribution in [0.15, 0.2) is 72.9 Å². The Morgan fingerprint density at radius 2 is 1.10 bits per heavy atom. The Labute approximate surface area is 186 Å². The maximum Gasteiger partial charge on any atom is 0.333 e. The summed E-state index contributed by atoms with van der Waals surface area (Å²) in [7, 11) is 0. The van der Waals surface area contributed by atoms with Crippen molar-refractivity contribution in [3.63, 3.8) is 0 Å². The summed E-state index contributed by atoms with van der Waals surface area (Å²) in [4.78, 5) is 39.2. The summed E-state index contributed by atoms with van der Waals surface area (Å²) in [5, 5.41) is 0.586. The fraction of sp³-hybridized carbons (Fsp3) is 0.423. The number of carbonyl (C=O) groups is 3. The highest BCUT2D eigenvalue weighted by Gasteiger charge is 2.32. The van der Waals surface area contributed by atoms with Gasteiger partial charge in [0.25, 0.3) is 11.8 Å². The highest BCUT2D eigenvalue weighted by molar-refractivity contribution is 6.01. The predicted molar refractivity (Wildman–Crippen MR) is 125 cm³/mol. The van der Waals surface area contributed by atoms with Crippen molar-refractivity contribution in [1.82, 2.24) is 5.06 Å². The van der Waals surface area contributed by atoms with Crippen LogP contribution < -0.4 is 0 Å². The Balaban J connectivity index is 2.00. The van der Waals surface area contributed by atoms with Gasteiger partial charge in [0.05, 0.1) is 6.42 Å². The van der Waals surface area contributed by atoms with Gasteiger partial charge in [-0.15, -0.1) is 5.06 Å². The minimum Gasteiger partial charge on any atom is -0.330 e. The Kier molecular flexibility index (Phi) is 15.0. The number of nitrogens with zero attached hydrogens (tertiary/aromatic N) is 1. The molecule has 31 heavy (non-hydrogen) atoms. The van der Waals surface area contributed by atoms with E-state index in [0.717, 1.165) is 38.5 Å². The summed E-state index contributed by atoms with van der Waals surface area (Å²) in [6, 6.07) is 0. The second-order valence-electron chi connectivity index (χ2n) is 7.00. The molecule has 1 rings (SSSR count). The van der Waals surface area contributed by atoms with E-state index in [0.29, 0.717) is 11.5 Å². The SMILES string of the molecule is CC/C=C/C/C=C/C/C=C/C/C=C/C/C=C/C/C=C/CCC(=O)ON1C(=O)CCC1=O. The van der Waals surface area contributed by atoms with Gasteiger partial charge in [0.15, 0.2) is 0 Å². The standard InChI is InChI=1S/C26H35NO4/c1-2-3-4-5-6-7-8-9-10-11-12-13-14-15-16-17-18-19-20-21-26(30)31-27-24(28)22-23-25(27)29/h3-4,6-7,9-10,12-13,15-16,18-19H,2,5,8,11,14,17,20-23H2,1H3/b4-3+,7-6+,10-9+,13-12+,16-15+,19-18+. The summed E-state index contributed by atoms with van der Waals surface area (Å²) >= 11 is 0. The van der Waals surface area contributed by atoms with Crippen molar-refractivity contribution >= 4 is 17.8 Å². The lowest BCUT2D eigenvalue weighted by molar-refractivity contribution is -0.197. The van der Waals surface area contributed by atoms with E-state index < -0.39 is 17.8 Å². The van der Waals surface area contributed by atoms with E-state index in [-0.39, 0.29) is 19.3 Å². The fourth-order valence-corrected chi connectivity index (χ4v) is 2.65. The first kappa shape index (κ1) is 26.1. The third-order valence-corrected chi connectivity index (χ3v) is 4.31. The molecule has 2 amide bonds. The van der Waals surface area contributed by atoms with Gasteiger partial charge in [0, 0.05) is 12.8 Å². The van der Waals surface area contributed by atoms with Crippen molar-refractivity contribution in [3.05, 3.63) is 72.9 Å². The molecule has 0 N–H and O–H groups in total. The van der Waals surface area contributed by atoms with Gasteiger partial charge in [-0.05, 0) is 44.9 Å². The average molecular weight is 426 g/mol. The van der Waals surface area contributed by atoms with Crippen LogP contribution in [0.5, 0.6) is 0 Å². The number of allylic oxidation sites excluding steroid dienone is 12. The normalized spacial score (nSPS) is 15.5. The first-order valence-electron chi connectivity index (χ1n) is 11.1. The molecule has 0 saturated carbocycles. The van der Waals surface area contributed by atoms with E-state index in [9.17, 15) is 14.4 Å². The summed E-state index contributed by atoms with van der Waals surface area (Å²) in [6.45, 7) is 2.14. The van der Waals surface area contributed by atoms with Crippen LogP contribution in [-0.4, -0.2) is 22.8 Å². The molecule has 0 unspecified atom stereocenters. The Bertz CT molecular complexity index is 710. The Hall–Kier alpha value is -2.95. The number of carbonyl (C=O) groups excluding carboxylic acids is 3. The van der Waals surface area contributed by atoms with Crippen molar-refractivity contribution in [2.45, 2.75) is 71.1 Å². The molecule has 5 nitrogen and oxygen atoms in total. The summed E-state index contributed by atoms with van der Waals surface area (Å²) in [5.74, 6) is -1.47. The molecule has 1 heterocycles. The van der Waals surface area contributed by atoms with Crippen molar-refractivity contribution in [1.29, 1.82) is 0 Å². The molecule has 1 aliphatic heterocycles. The van der Waals surface area contributed by atoms with Crippen LogP contribution >= 0.6 is 0 Å². The lowest BCUT2D eigenvalue weighted by atomic mass is 10.2. The van der Waals surface area contributed by atoms with E-state index in [2.05, 4.69) is 67.7 Å². The molecule has 1 aliphatic rings. The lowest BCUT2D eigenvalue weighted by Gasteiger charge is -2.11. The highest BCUT2D eigenvalue weighted by Crippen LogP contribution is 2.13. The van der Waals surface area contributed by atoms with Crippen LogP contribution in [0.1, 0.15) is 71.1 Å². The monoisotopic (exact) mass is 425 g/mol. The zero-order chi connectivity index (χ0) is 22.6. The van der Waals surface area contributed by atoms with Gasteiger partial charge in [-0.2, -0.15) is 0 Å². The predicted octanol–water partition coefficient (Wildman–Crippen LogP) is 6.07. The van der Waals surface area contributed by atoms with Crippen LogP contribution in [0.2, 0.25) is 0 Å². The number of amides is 2. The van der Waals surface area contributed by atoms with Crippen LogP contribution in [0, 0.1) is 0 Å². The van der Waals surface area contributed by atoms with Crippen LogP contribution in [0.3, 0.4) is 0 Å². The molecular formula is C26H35NO4. The van der Waals surface area contributed by atoms with E-state index in [1.165, 1.54) is 0 Å². The molecule has 168 valence electrons. The van der Waals surface area contributed by atoms with Crippen molar-refractivity contribution < 1.29 is 19.2 Å². The van der Waals surface area contributed by atoms with Crippen LogP contribution in [-0.2, 0) is 19.2 Å². The number of hydrogen-bond acceptors (Lipinski definition) is 4. The summed E-state index contributed by atoms with van der Waals surface area (Å²) < 4.78 is 0. The van der Waals surface area contributed by atoms with Crippen molar-refractivity contribution in [2.75, 3.05) is 0 Å². The van der Waals surface area contributed by atoms with E-state index in [4.69, 9.17) is 4.84 Å².